The lowest BCUT2D eigenvalue weighted by atomic mass is 9.98. The van der Waals surface area contributed by atoms with Gasteiger partial charge >= 0.3 is 0 Å². The van der Waals surface area contributed by atoms with Crippen LogP contribution in [0.5, 0.6) is 0 Å². The summed E-state index contributed by atoms with van der Waals surface area (Å²) in [5.41, 5.74) is 12.9. The number of aliphatic hydroxyl groups is 1. The predicted octanol–water partition coefficient (Wildman–Crippen LogP) is 6.24. The Morgan fingerprint density at radius 2 is 1.52 bits per heavy atom. The molecule has 4 aromatic rings. The Kier molecular flexibility index (Phi) is 12.3. The molecule has 0 aliphatic carbocycles. The van der Waals surface area contributed by atoms with Crippen LogP contribution in [0.2, 0.25) is 0 Å². The quantitative estimate of drug-likeness (QED) is 0.117. The van der Waals surface area contributed by atoms with E-state index in [0.29, 0.717) is 37.6 Å². The molecule has 0 radical (unpaired) electrons. The molecule has 0 saturated carbocycles. The monoisotopic (exact) mass is 734 g/mol. The summed E-state index contributed by atoms with van der Waals surface area (Å²) in [7, 11) is 0. The first-order valence-corrected chi connectivity index (χ1v) is 19.0. The average molecular weight is 735 g/mol. The van der Waals surface area contributed by atoms with Gasteiger partial charge in [-0.25, -0.2) is 0 Å². The summed E-state index contributed by atoms with van der Waals surface area (Å²) >= 11 is 0. The zero-order chi connectivity index (χ0) is 37.3. The smallest absolute Gasteiger partial charge is 0.224 e. The molecule has 3 fully saturated rings. The van der Waals surface area contributed by atoms with Gasteiger partial charge in [0.2, 0.25) is 11.8 Å². The second-order valence-corrected chi connectivity index (χ2v) is 14.3. The highest BCUT2D eigenvalue weighted by Crippen LogP contribution is 2.39. The number of ether oxygens (including phenoxy) is 4. The van der Waals surface area contributed by atoms with Crippen molar-refractivity contribution in [3.05, 3.63) is 119 Å². The van der Waals surface area contributed by atoms with Crippen LogP contribution in [0.25, 0.3) is 11.1 Å². The van der Waals surface area contributed by atoms with Crippen molar-refractivity contribution in [3.63, 3.8) is 0 Å². The van der Waals surface area contributed by atoms with Gasteiger partial charge in [-0.1, -0.05) is 78.9 Å². The summed E-state index contributed by atoms with van der Waals surface area (Å²) in [6, 6.07) is 31.5. The summed E-state index contributed by atoms with van der Waals surface area (Å²) in [6.07, 6.45) is 2.62. The van der Waals surface area contributed by atoms with Crippen LogP contribution in [0.1, 0.15) is 73.2 Å². The molecule has 3 saturated heterocycles. The van der Waals surface area contributed by atoms with Gasteiger partial charge in [-0.15, -0.1) is 0 Å². The minimum Gasteiger partial charge on any atom is -0.397 e. The molecule has 5 N–H and O–H groups in total. The van der Waals surface area contributed by atoms with Crippen molar-refractivity contribution in [2.45, 2.75) is 76.0 Å². The first-order chi connectivity index (χ1) is 26.3. The maximum absolute atomic E-state index is 12.6. The molecule has 3 heterocycles. The molecule has 0 unspecified atom stereocenters. The molecule has 54 heavy (non-hydrogen) atoms. The molecule has 11 nitrogen and oxygen atoms in total. The van der Waals surface area contributed by atoms with Crippen LogP contribution in [0.15, 0.2) is 97.1 Å². The first-order valence-electron chi connectivity index (χ1n) is 19.0. The molecule has 3 aliphatic rings. The standard InChI is InChI=1S/C43H50N4O7/c44-37-7-1-2-8-38(37)46-41(50)10-4-9-40(49)45-27-31-5-3-6-35(25-31)32-15-17-34(18-16-32)42-53-36(26-39(54-42)33-13-11-30(29-48)12-14-33)28-47-21-19-43(20-22-47)51-23-24-52-43/h1-3,5-8,11-18,25,36,39,42,48H,4,9-10,19-24,26-29,44H2,(H,45,49)(H,46,50)/t36-,39+,42+/m1/s1. The summed E-state index contributed by atoms with van der Waals surface area (Å²) < 4.78 is 25.1. The zero-order valence-corrected chi connectivity index (χ0v) is 30.6. The van der Waals surface area contributed by atoms with Gasteiger partial charge in [0, 0.05) is 63.8 Å². The number of benzene rings is 4. The van der Waals surface area contributed by atoms with E-state index in [9.17, 15) is 14.7 Å². The van der Waals surface area contributed by atoms with E-state index in [1.165, 1.54) is 0 Å². The van der Waals surface area contributed by atoms with Crippen molar-refractivity contribution in [2.24, 2.45) is 0 Å². The summed E-state index contributed by atoms with van der Waals surface area (Å²) in [5, 5.41) is 15.4. The van der Waals surface area contributed by atoms with Gasteiger partial charge in [-0.3, -0.25) is 9.59 Å². The van der Waals surface area contributed by atoms with Crippen LogP contribution in [-0.2, 0) is 41.7 Å². The molecule has 11 heteroatoms. The van der Waals surface area contributed by atoms with Crippen LogP contribution in [0.4, 0.5) is 11.4 Å². The third-order valence-electron chi connectivity index (χ3n) is 10.5. The van der Waals surface area contributed by atoms with Crippen LogP contribution in [0.3, 0.4) is 0 Å². The van der Waals surface area contributed by atoms with E-state index in [1.54, 1.807) is 12.1 Å². The minimum atomic E-state index is -0.540. The molecule has 284 valence electrons. The highest BCUT2D eigenvalue weighted by Gasteiger charge is 2.41. The molecule has 1 spiro atoms. The highest BCUT2D eigenvalue weighted by molar-refractivity contribution is 5.94. The van der Waals surface area contributed by atoms with Crippen molar-refractivity contribution >= 4 is 23.2 Å². The minimum absolute atomic E-state index is 0.00191. The van der Waals surface area contributed by atoms with Gasteiger partial charge in [0.25, 0.3) is 0 Å². The van der Waals surface area contributed by atoms with E-state index in [4.69, 9.17) is 24.7 Å². The Hall–Kier alpha value is -4.62. The molecule has 0 aromatic heterocycles. The largest absolute Gasteiger partial charge is 0.397 e. The third kappa shape index (κ3) is 9.72. The van der Waals surface area contributed by atoms with E-state index in [1.807, 2.05) is 48.5 Å². The molecule has 4 aromatic carbocycles. The fourth-order valence-electron chi connectivity index (χ4n) is 7.40. The molecular weight excluding hydrogens is 684 g/mol. The topological polar surface area (TPSA) is 145 Å². The fourth-order valence-corrected chi connectivity index (χ4v) is 7.40. The number of nitrogens with two attached hydrogens (primary N) is 1. The molecule has 3 atom stereocenters. The number of amides is 2. The predicted molar refractivity (Wildman–Crippen MR) is 206 cm³/mol. The van der Waals surface area contributed by atoms with E-state index >= 15 is 0 Å². The number of anilines is 2. The molecule has 2 amide bonds. The molecule has 3 aliphatic heterocycles. The number of rotatable bonds is 13. The normalized spacial score (nSPS) is 21.2. The second kappa shape index (κ2) is 17.7. The molecule has 0 bridgehead atoms. The van der Waals surface area contributed by atoms with Gasteiger partial charge < -0.3 is 45.3 Å². The summed E-state index contributed by atoms with van der Waals surface area (Å²) in [5.74, 6) is -0.691. The number of nitrogens with one attached hydrogen (secondary N) is 2. The first kappa shape index (κ1) is 37.7. The number of carbonyl (C=O) groups excluding carboxylic acids is 2. The van der Waals surface area contributed by atoms with Gasteiger partial charge in [0.05, 0.1) is 43.4 Å². The average Bonchev–Trinajstić information content (AvgIpc) is 3.67. The maximum atomic E-state index is 12.6. The van der Waals surface area contributed by atoms with E-state index in [2.05, 4.69) is 51.9 Å². The van der Waals surface area contributed by atoms with Crippen molar-refractivity contribution in [1.29, 1.82) is 0 Å². The number of hydrogen-bond acceptors (Lipinski definition) is 9. The number of nitrogens with zero attached hydrogens (tertiary/aromatic N) is 1. The lowest BCUT2D eigenvalue weighted by molar-refractivity contribution is -0.255. The number of aliphatic hydroxyl groups excluding tert-OH is 1. The number of nitrogen functional groups attached to an aromatic ring is 1. The lowest BCUT2D eigenvalue weighted by Crippen LogP contribution is -2.48. The number of likely N-dealkylation sites (tertiary alicyclic amines) is 1. The number of piperidine rings is 1. The van der Waals surface area contributed by atoms with Gasteiger partial charge in [0.15, 0.2) is 12.1 Å². The highest BCUT2D eigenvalue weighted by atomic mass is 16.7. The maximum Gasteiger partial charge on any atom is 0.224 e. The third-order valence-corrected chi connectivity index (χ3v) is 10.5. The second-order valence-electron chi connectivity index (χ2n) is 14.3. The van der Waals surface area contributed by atoms with Gasteiger partial charge in [-0.05, 0) is 52.4 Å². The number of carbonyl (C=O) groups is 2. The van der Waals surface area contributed by atoms with Crippen molar-refractivity contribution in [2.75, 3.05) is 43.9 Å². The Labute approximate surface area is 316 Å². The Morgan fingerprint density at radius 3 is 2.26 bits per heavy atom. The zero-order valence-electron chi connectivity index (χ0n) is 30.6. The van der Waals surface area contributed by atoms with E-state index in [0.717, 1.165) is 72.3 Å². The van der Waals surface area contributed by atoms with E-state index < -0.39 is 12.1 Å². The van der Waals surface area contributed by atoms with E-state index in [-0.39, 0.29) is 43.5 Å². The SMILES string of the molecule is Nc1ccccc1NC(=O)CCCC(=O)NCc1cccc(-c2ccc([C@H]3O[C@@H](CN4CCC5(CC4)OCCO5)C[C@@H](c4ccc(CO)cc4)O3)cc2)c1. The van der Waals surface area contributed by atoms with Crippen LogP contribution < -0.4 is 16.4 Å². The Bertz CT molecular complexity index is 1850. The van der Waals surface area contributed by atoms with Crippen LogP contribution in [0, 0.1) is 0 Å². The number of hydrogen-bond donors (Lipinski definition) is 4. The molecule has 7 rings (SSSR count). The number of para-hydroxylation sites is 2. The van der Waals surface area contributed by atoms with Crippen LogP contribution in [-0.4, -0.2) is 66.6 Å². The van der Waals surface area contributed by atoms with Crippen molar-refractivity contribution < 1.29 is 33.6 Å². The molecular formula is C43H50N4O7. The Morgan fingerprint density at radius 1 is 0.796 bits per heavy atom. The Balaban J connectivity index is 0.941. The van der Waals surface area contributed by atoms with Crippen molar-refractivity contribution in [1.82, 2.24) is 10.2 Å². The summed E-state index contributed by atoms with van der Waals surface area (Å²) in [4.78, 5) is 27.3. The summed E-state index contributed by atoms with van der Waals surface area (Å²) in [6.45, 7) is 4.30. The van der Waals surface area contributed by atoms with Crippen molar-refractivity contribution in [3.8, 4) is 11.1 Å². The van der Waals surface area contributed by atoms with Gasteiger partial charge in [-0.2, -0.15) is 0 Å². The van der Waals surface area contributed by atoms with Crippen LogP contribution >= 0.6 is 0 Å². The van der Waals surface area contributed by atoms with Gasteiger partial charge in [0.1, 0.15) is 0 Å². The fraction of sp³-hybridized carbons (Fsp3) is 0.395. The lowest BCUT2D eigenvalue weighted by Gasteiger charge is -2.41.